The van der Waals surface area contributed by atoms with Crippen LogP contribution in [-0.2, 0) is 0 Å². The number of benzene rings is 2. The van der Waals surface area contributed by atoms with E-state index in [1.165, 1.54) is 12.1 Å². The van der Waals surface area contributed by atoms with Crippen molar-refractivity contribution in [3.8, 4) is 11.8 Å². The normalized spacial score (nSPS) is 10.9. The van der Waals surface area contributed by atoms with Crippen LogP contribution in [0, 0.1) is 21.4 Å². The van der Waals surface area contributed by atoms with Crippen molar-refractivity contribution in [3.63, 3.8) is 0 Å². The SMILES string of the molecule is N#CC(=Cc1cc([N+](=O)[O-])ccc1O)c1nnc(NC(=O)c2ccccc2)s1. The van der Waals surface area contributed by atoms with Gasteiger partial charge in [0.15, 0.2) is 5.01 Å². The Balaban J connectivity index is 1.86. The Morgan fingerprint density at radius 1 is 1.25 bits per heavy atom. The molecule has 0 unspecified atom stereocenters. The quantitative estimate of drug-likeness (QED) is 0.384. The van der Waals surface area contributed by atoms with Crippen LogP contribution in [0.25, 0.3) is 11.6 Å². The molecule has 3 rings (SSSR count). The number of aromatic hydroxyl groups is 1. The number of nitriles is 1. The zero-order chi connectivity index (χ0) is 20.1. The largest absolute Gasteiger partial charge is 0.507 e. The lowest BCUT2D eigenvalue weighted by atomic mass is 10.1. The van der Waals surface area contributed by atoms with Crippen molar-refractivity contribution in [1.82, 2.24) is 10.2 Å². The van der Waals surface area contributed by atoms with Gasteiger partial charge in [-0.15, -0.1) is 10.2 Å². The summed E-state index contributed by atoms with van der Waals surface area (Å²) in [6.45, 7) is 0. The number of nitro benzene ring substituents is 1. The topological polar surface area (TPSA) is 142 Å². The number of phenols is 1. The number of non-ortho nitro benzene ring substituents is 1. The van der Waals surface area contributed by atoms with Gasteiger partial charge in [-0.1, -0.05) is 29.5 Å². The molecule has 1 heterocycles. The predicted octanol–water partition coefficient (Wildman–Crippen LogP) is 3.47. The second-order valence-corrected chi connectivity index (χ2v) is 6.38. The molecule has 1 aromatic heterocycles. The fourth-order valence-electron chi connectivity index (χ4n) is 2.21. The zero-order valence-electron chi connectivity index (χ0n) is 14.1. The lowest BCUT2D eigenvalue weighted by Gasteiger charge is -2.00. The zero-order valence-corrected chi connectivity index (χ0v) is 14.9. The van der Waals surface area contributed by atoms with Gasteiger partial charge in [0, 0.05) is 23.3 Å². The molecular weight excluding hydrogens is 382 g/mol. The van der Waals surface area contributed by atoms with Crippen LogP contribution in [0.3, 0.4) is 0 Å². The van der Waals surface area contributed by atoms with Crippen molar-refractivity contribution in [2.24, 2.45) is 0 Å². The van der Waals surface area contributed by atoms with Crippen molar-refractivity contribution in [1.29, 1.82) is 5.26 Å². The number of aromatic nitrogens is 2. The summed E-state index contributed by atoms with van der Waals surface area (Å²) >= 11 is 0.964. The fraction of sp³-hybridized carbons (Fsp3) is 0. The van der Waals surface area contributed by atoms with E-state index in [4.69, 9.17) is 0 Å². The first kappa shape index (κ1) is 18.7. The van der Waals surface area contributed by atoms with E-state index in [1.54, 1.807) is 30.3 Å². The Morgan fingerprint density at radius 3 is 2.68 bits per heavy atom. The van der Waals surface area contributed by atoms with Crippen LogP contribution >= 0.6 is 11.3 Å². The highest BCUT2D eigenvalue weighted by atomic mass is 32.1. The Kier molecular flexibility index (Phi) is 5.38. The molecule has 0 spiro atoms. The third-order valence-electron chi connectivity index (χ3n) is 3.55. The van der Waals surface area contributed by atoms with E-state index in [0.717, 1.165) is 23.5 Å². The van der Waals surface area contributed by atoms with Crippen LogP contribution < -0.4 is 5.32 Å². The first-order chi connectivity index (χ1) is 13.5. The van der Waals surface area contributed by atoms with Gasteiger partial charge >= 0.3 is 0 Å². The molecule has 0 fully saturated rings. The summed E-state index contributed by atoms with van der Waals surface area (Å²) < 4.78 is 0. The molecule has 2 N–H and O–H groups in total. The molecule has 0 saturated heterocycles. The molecule has 28 heavy (non-hydrogen) atoms. The third kappa shape index (κ3) is 4.17. The fourth-order valence-corrected chi connectivity index (χ4v) is 2.91. The van der Waals surface area contributed by atoms with Gasteiger partial charge in [-0.3, -0.25) is 20.2 Å². The van der Waals surface area contributed by atoms with Crippen LogP contribution in [0.1, 0.15) is 20.9 Å². The molecule has 0 atom stereocenters. The number of phenolic OH excluding ortho intramolecular Hbond substituents is 1. The van der Waals surface area contributed by atoms with Crippen LogP contribution in [0.2, 0.25) is 0 Å². The summed E-state index contributed by atoms with van der Waals surface area (Å²) in [5.41, 5.74) is 0.343. The second-order valence-electron chi connectivity index (χ2n) is 5.40. The summed E-state index contributed by atoms with van der Waals surface area (Å²) in [5, 5.41) is 40.8. The smallest absolute Gasteiger partial charge is 0.270 e. The van der Waals surface area contributed by atoms with Gasteiger partial charge in [-0.05, 0) is 24.3 Å². The minimum Gasteiger partial charge on any atom is -0.507 e. The van der Waals surface area contributed by atoms with Crippen molar-refractivity contribution in [3.05, 3.63) is 74.8 Å². The third-order valence-corrected chi connectivity index (χ3v) is 4.43. The molecule has 2 aromatic carbocycles. The molecule has 0 bridgehead atoms. The molecule has 0 aliphatic carbocycles. The molecule has 10 heteroatoms. The molecule has 1 amide bonds. The van der Waals surface area contributed by atoms with Gasteiger partial charge in [0.05, 0.1) is 10.5 Å². The Labute approximate surface area is 162 Å². The number of nitrogens with zero attached hydrogens (tertiary/aromatic N) is 4. The molecule has 0 radical (unpaired) electrons. The number of nitro groups is 1. The van der Waals surface area contributed by atoms with Gasteiger partial charge in [0.25, 0.3) is 11.6 Å². The Bertz CT molecular complexity index is 1120. The van der Waals surface area contributed by atoms with Crippen molar-refractivity contribution in [2.45, 2.75) is 0 Å². The van der Waals surface area contributed by atoms with E-state index in [9.17, 15) is 25.3 Å². The van der Waals surface area contributed by atoms with E-state index >= 15 is 0 Å². The van der Waals surface area contributed by atoms with Gasteiger partial charge in [-0.25, -0.2) is 0 Å². The average Bonchev–Trinajstić information content (AvgIpc) is 3.16. The molecule has 3 aromatic rings. The van der Waals surface area contributed by atoms with Gasteiger partial charge in [0.2, 0.25) is 5.13 Å². The van der Waals surface area contributed by atoms with E-state index in [2.05, 4.69) is 15.5 Å². The van der Waals surface area contributed by atoms with E-state index in [0.29, 0.717) is 5.56 Å². The minimum absolute atomic E-state index is 0.0357. The number of allylic oxidation sites excluding steroid dienone is 1. The number of hydrogen-bond acceptors (Lipinski definition) is 8. The van der Waals surface area contributed by atoms with E-state index in [-0.39, 0.29) is 38.6 Å². The van der Waals surface area contributed by atoms with Crippen molar-refractivity contribution < 1.29 is 14.8 Å². The maximum Gasteiger partial charge on any atom is 0.270 e. The number of carbonyl (C=O) groups excluding carboxylic acids is 1. The molecule has 138 valence electrons. The first-order valence-corrected chi connectivity index (χ1v) is 8.59. The number of amides is 1. The Morgan fingerprint density at radius 2 is 2.00 bits per heavy atom. The molecule has 0 aliphatic rings. The predicted molar refractivity (Wildman–Crippen MR) is 103 cm³/mol. The van der Waals surface area contributed by atoms with Crippen LogP contribution in [0.15, 0.2) is 48.5 Å². The minimum atomic E-state index is -0.606. The second kappa shape index (κ2) is 8.07. The summed E-state index contributed by atoms with van der Waals surface area (Å²) in [6, 6.07) is 13.9. The maximum absolute atomic E-state index is 12.2. The number of rotatable bonds is 5. The van der Waals surface area contributed by atoms with Crippen molar-refractivity contribution >= 4 is 39.7 Å². The van der Waals surface area contributed by atoms with Crippen LogP contribution in [0.5, 0.6) is 5.75 Å². The lowest BCUT2D eigenvalue weighted by Crippen LogP contribution is -2.11. The van der Waals surface area contributed by atoms with Gasteiger partial charge in [-0.2, -0.15) is 5.26 Å². The molecular formula is C18H11N5O4S. The summed E-state index contributed by atoms with van der Waals surface area (Å²) in [6.07, 6.45) is 1.27. The van der Waals surface area contributed by atoms with Crippen LogP contribution in [-0.4, -0.2) is 26.1 Å². The number of hydrogen-bond donors (Lipinski definition) is 2. The molecule has 0 aliphatic heterocycles. The van der Waals surface area contributed by atoms with Crippen molar-refractivity contribution in [2.75, 3.05) is 5.32 Å². The number of nitrogens with one attached hydrogen (secondary N) is 1. The summed E-state index contributed by atoms with van der Waals surface area (Å²) in [4.78, 5) is 22.4. The number of anilines is 1. The van der Waals surface area contributed by atoms with Gasteiger partial charge in [0.1, 0.15) is 11.8 Å². The van der Waals surface area contributed by atoms with Crippen LogP contribution in [0.4, 0.5) is 10.8 Å². The Hall–Kier alpha value is -4.10. The van der Waals surface area contributed by atoms with E-state index < -0.39 is 4.92 Å². The monoisotopic (exact) mass is 393 g/mol. The number of carbonyl (C=O) groups is 1. The standard InChI is InChI=1S/C18H11N5O4S/c19-10-13(8-12-9-14(23(26)27)6-7-15(12)24)17-21-22-18(28-17)20-16(25)11-4-2-1-3-5-11/h1-9,24H,(H,20,22,25). The summed E-state index contributed by atoms with van der Waals surface area (Å²) in [5.74, 6) is -0.595. The van der Waals surface area contributed by atoms with Gasteiger partial charge < -0.3 is 5.11 Å². The molecule has 0 saturated carbocycles. The highest BCUT2D eigenvalue weighted by Gasteiger charge is 2.15. The highest BCUT2D eigenvalue weighted by Crippen LogP contribution is 2.29. The van der Waals surface area contributed by atoms with E-state index in [1.807, 2.05) is 6.07 Å². The first-order valence-electron chi connectivity index (χ1n) is 7.77. The summed E-state index contributed by atoms with van der Waals surface area (Å²) in [7, 11) is 0. The molecule has 9 nitrogen and oxygen atoms in total. The average molecular weight is 393 g/mol. The lowest BCUT2D eigenvalue weighted by molar-refractivity contribution is -0.384. The maximum atomic E-state index is 12.2. The highest BCUT2D eigenvalue weighted by molar-refractivity contribution is 7.16.